The third kappa shape index (κ3) is 2.81. The number of rotatable bonds is 2. The van der Waals surface area contributed by atoms with Crippen molar-refractivity contribution in [3.63, 3.8) is 0 Å². The lowest BCUT2D eigenvalue weighted by Crippen LogP contribution is -2.81. The van der Waals surface area contributed by atoms with E-state index in [1.807, 2.05) is 13.8 Å². The molecule has 0 aromatic heterocycles. The summed E-state index contributed by atoms with van der Waals surface area (Å²) in [7, 11) is 0. The van der Waals surface area contributed by atoms with Gasteiger partial charge in [0, 0.05) is 28.1 Å². The third-order valence-electron chi connectivity index (χ3n) is 5.24. The number of carbonyl (C=O) groups is 1. The van der Waals surface area contributed by atoms with Gasteiger partial charge in [-0.1, -0.05) is 25.4 Å². The molecule has 128 valence electrons. The fourth-order valence-electron chi connectivity index (χ4n) is 3.85. The number of nitrogens with two attached hydrogens (primary N) is 1. The maximum atomic E-state index is 12.8. The Balaban J connectivity index is 0.00000192. The molecule has 4 nitrogen and oxygen atoms in total. The molecule has 3 unspecified atom stereocenters. The van der Waals surface area contributed by atoms with Crippen LogP contribution in [0.4, 0.5) is 5.69 Å². The third-order valence-corrected chi connectivity index (χ3v) is 6.45. The van der Waals surface area contributed by atoms with Crippen LogP contribution < -0.4 is 11.1 Å². The Kier molecular flexibility index (Phi) is 5.39. The summed E-state index contributed by atoms with van der Waals surface area (Å²) in [4.78, 5) is 12.8. The van der Waals surface area contributed by atoms with Crippen molar-refractivity contribution < 1.29 is 9.53 Å². The van der Waals surface area contributed by atoms with Crippen LogP contribution in [0.5, 0.6) is 0 Å². The van der Waals surface area contributed by atoms with Crippen LogP contribution in [0.15, 0.2) is 22.7 Å². The first kappa shape index (κ1) is 19.0. The van der Waals surface area contributed by atoms with E-state index in [2.05, 4.69) is 21.2 Å². The Morgan fingerprint density at radius 2 is 2.17 bits per heavy atom. The van der Waals surface area contributed by atoms with E-state index < -0.39 is 5.54 Å². The molecule has 0 bridgehead atoms. The van der Waals surface area contributed by atoms with Gasteiger partial charge >= 0.3 is 0 Å². The van der Waals surface area contributed by atoms with Gasteiger partial charge in [-0.2, -0.15) is 0 Å². The highest BCUT2D eigenvalue weighted by atomic mass is 79.9. The minimum Gasteiger partial charge on any atom is -0.377 e. The largest absolute Gasteiger partial charge is 0.377 e. The molecule has 7 heteroatoms. The summed E-state index contributed by atoms with van der Waals surface area (Å²) in [6.07, 6.45) is 1.95. The predicted molar refractivity (Wildman–Crippen MR) is 98.2 cm³/mol. The highest BCUT2D eigenvalue weighted by Crippen LogP contribution is 2.57. The molecule has 1 heterocycles. The van der Waals surface area contributed by atoms with Crippen molar-refractivity contribution in [1.29, 1.82) is 0 Å². The molecule has 0 radical (unpaired) electrons. The van der Waals surface area contributed by atoms with Crippen LogP contribution in [0.2, 0.25) is 5.02 Å². The van der Waals surface area contributed by atoms with Crippen LogP contribution in [0.3, 0.4) is 0 Å². The fourth-order valence-corrected chi connectivity index (χ4v) is 4.34. The summed E-state index contributed by atoms with van der Waals surface area (Å²) in [5.74, 6) is -0.0783. The Labute approximate surface area is 156 Å². The van der Waals surface area contributed by atoms with Crippen molar-refractivity contribution in [1.82, 2.24) is 0 Å². The molecular weight excluding hydrogens is 403 g/mol. The van der Waals surface area contributed by atoms with E-state index in [4.69, 9.17) is 22.1 Å². The van der Waals surface area contributed by atoms with Crippen LogP contribution in [-0.2, 0) is 9.53 Å². The number of benzene rings is 1. The molecule has 1 saturated carbocycles. The van der Waals surface area contributed by atoms with Crippen LogP contribution in [-0.4, -0.2) is 24.2 Å². The van der Waals surface area contributed by atoms with E-state index in [-0.39, 0.29) is 35.8 Å². The summed E-state index contributed by atoms with van der Waals surface area (Å²) in [5, 5.41) is 3.53. The molecular formula is C16H21BrCl2N2O2. The van der Waals surface area contributed by atoms with Crippen molar-refractivity contribution in [3.8, 4) is 0 Å². The molecule has 1 amide bonds. The number of ether oxygens (including phenoxy) is 1. The SMILES string of the molecule is CC1(C)C2OCCCC2C1(N)C(=O)Nc1ccc(Cl)c(Br)c1.Cl. The van der Waals surface area contributed by atoms with Gasteiger partial charge in [-0.3, -0.25) is 4.79 Å². The first-order valence-electron chi connectivity index (χ1n) is 7.45. The number of hydrogen-bond donors (Lipinski definition) is 2. The second-order valence-electron chi connectivity index (χ2n) is 6.71. The van der Waals surface area contributed by atoms with Gasteiger partial charge in [0.25, 0.3) is 0 Å². The van der Waals surface area contributed by atoms with E-state index in [1.165, 1.54) is 0 Å². The van der Waals surface area contributed by atoms with E-state index in [0.29, 0.717) is 10.7 Å². The number of halogens is 3. The number of carbonyl (C=O) groups excluding carboxylic acids is 1. The molecule has 3 N–H and O–H groups in total. The van der Waals surface area contributed by atoms with Crippen molar-refractivity contribution in [2.24, 2.45) is 17.1 Å². The lowest BCUT2D eigenvalue weighted by atomic mass is 9.46. The molecule has 3 atom stereocenters. The monoisotopic (exact) mass is 422 g/mol. The Morgan fingerprint density at radius 1 is 1.48 bits per heavy atom. The van der Waals surface area contributed by atoms with Crippen molar-refractivity contribution >= 4 is 51.5 Å². The lowest BCUT2D eigenvalue weighted by molar-refractivity contribution is -0.222. The van der Waals surface area contributed by atoms with Crippen molar-refractivity contribution in [2.45, 2.75) is 38.3 Å². The Hall–Kier alpha value is -0.330. The standard InChI is InChI=1S/C16H20BrClN2O2.ClH/c1-15(2)13-10(4-3-7-22-13)16(15,19)14(21)20-9-5-6-12(18)11(17)8-9;/h5-6,8,10,13H,3-4,7,19H2,1-2H3,(H,20,21);1H. The summed E-state index contributed by atoms with van der Waals surface area (Å²) < 4.78 is 6.58. The Morgan fingerprint density at radius 3 is 2.83 bits per heavy atom. The minimum atomic E-state index is -0.913. The second kappa shape index (κ2) is 6.52. The van der Waals surface area contributed by atoms with Crippen LogP contribution in [0.1, 0.15) is 26.7 Å². The molecule has 2 aliphatic rings. The zero-order valence-corrected chi connectivity index (χ0v) is 16.2. The molecule has 1 aromatic carbocycles. The van der Waals surface area contributed by atoms with Crippen LogP contribution in [0.25, 0.3) is 0 Å². The number of hydrogen-bond acceptors (Lipinski definition) is 3. The smallest absolute Gasteiger partial charge is 0.245 e. The molecule has 1 aliphatic carbocycles. The molecule has 2 fully saturated rings. The van der Waals surface area contributed by atoms with E-state index in [9.17, 15) is 4.79 Å². The van der Waals surface area contributed by atoms with Crippen LogP contribution >= 0.6 is 39.9 Å². The van der Waals surface area contributed by atoms with E-state index in [1.54, 1.807) is 18.2 Å². The molecule has 1 aromatic rings. The van der Waals surface area contributed by atoms with Gasteiger partial charge in [0.1, 0.15) is 5.54 Å². The first-order valence-corrected chi connectivity index (χ1v) is 8.62. The van der Waals surface area contributed by atoms with Gasteiger partial charge in [-0.25, -0.2) is 0 Å². The van der Waals surface area contributed by atoms with Crippen LogP contribution in [0, 0.1) is 11.3 Å². The summed E-state index contributed by atoms with van der Waals surface area (Å²) in [6.45, 7) is 4.78. The van der Waals surface area contributed by atoms with E-state index >= 15 is 0 Å². The summed E-state index contributed by atoms with van der Waals surface area (Å²) >= 11 is 9.34. The zero-order chi connectivity index (χ0) is 16.1. The van der Waals surface area contributed by atoms with Crippen molar-refractivity contribution in [2.75, 3.05) is 11.9 Å². The molecule has 1 aliphatic heterocycles. The number of fused-ring (bicyclic) bond motifs is 1. The topological polar surface area (TPSA) is 64.3 Å². The highest BCUT2D eigenvalue weighted by Gasteiger charge is 2.70. The van der Waals surface area contributed by atoms with Gasteiger partial charge in [-0.05, 0) is 47.0 Å². The van der Waals surface area contributed by atoms with Gasteiger partial charge in [0.05, 0.1) is 11.1 Å². The molecule has 3 rings (SSSR count). The number of anilines is 1. The molecule has 0 spiro atoms. The average molecular weight is 424 g/mol. The van der Waals surface area contributed by atoms with Gasteiger partial charge in [-0.15, -0.1) is 12.4 Å². The predicted octanol–water partition coefficient (Wildman–Crippen LogP) is 4.00. The van der Waals surface area contributed by atoms with Gasteiger partial charge < -0.3 is 15.8 Å². The van der Waals surface area contributed by atoms with E-state index in [0.717, 1.165) is 23.9 Å². The van der Waals surface area contributed by atoms with Gasteiger partial charge in [0.15, 0.2) is 0 Å². The minimum absolute atomic E-state index is 0. The molecule has 23 heavy (non-hydrogen) atoms. The Bertz CT molecular complexity index is 626. The number of nitrogens with one attached hydrogen (secondary N) is 1. The lowest BCUT2D eigenvalue weighted by Gasteiger charge is -2.65. The first-order chi connectivity index (χ1) is 10.3. The van der Waals surface area contributed by atoms with Gasteiger partial charge in [0.2, 0.25) is 5.91 Å². The summed E-state index contributed by atoms with van der Waals surface area (Å²) in [6, 6.07) is 5.29. The quantitative estimate of drug-likeness (QED) is 0.755. The average Bonchev–Trinajstić information content (AvgIpc) is 2.50. The van der Waals surface area contributed by atoms with Crippen molar-refractivity contribution in [3.05, 3.63) is 27.7 Å². The highest BCUT2D eigenvalue weighted by molar-refractivity contribution is 9.10. The fraction of sp³-hybridized carbons (Fsp3) is 0.562. The normalized spacial score (nSPS) is 31.3. The summed E-state index contributed by atoms with van der Waals surface area (Å²) in [5.41, 5.74) is 5.95. The zero-order valence-electron chi connectivity index (χ0n) is 13.1. The number of amides is 1. The maximum Gasteiger partial charge on any atom is 0.245 e. The molecule has 1 saturated heterocycles. The second-order valence-corrected chi connectivity index (χ2v) is 7.98. The maximum absolute atomic E-state index is 12.8.